The Bertz CT molecular complexity index is 2860. The molecule has 0 unspecified atom stereocenters. The average Bonchev–Trinajstić information content (AvgIpc) is 1.63. The molecule has 4 heterocycles. The van der Waals surface area contributed by atoms with Crippen molar-refractivity contribution in [2.45, 2.75) is 164 Å². The summed E-state index contributed by atoms with van der Waals surface area (Å²) in [5.74, 6) is 9.74. The van der Waals surface area contributed by atoms with E-state index in [2.05, 4.69) is 34.5 Å². The van der Waals surface area contributed by atoms with E-state index in [-0.39, 0.29) is 65.0 Å². The SMILES string of the molecule is CCN(C(C)=O)[C@H]1CO[C@@H](O[C@H]2[C@H](O[C@H]3C#C/C=C\C#C[C@]4(O)CC(=O)C(NC(=O)OC)=C3/C4=C\CSSSC)O[C@H](C)[C@@H](NO[C@H]3C[C@H](O)[C@H](SC(=O)c4c(I)c(I)c(O[C@@H]5O[C@@H](C)[C@H](O)[C@@H](CO)[C@H]5O)c(OC)c4OC)[C@@H](C)O3)[C@@H]2C)C[C@@H]1OC. The number of hydroxylamine groups is 1. The number of allylic oxidation sites excluding steroid dienone is 3. The summed E-state index contributed by atoms with van der Waals surface area (Å²) in [4.78, 5) is 62.3. The third-order valence-corrected chi connectivity index (χ3v) is 23.9. The standard InChI is InChI=1S/C57H75I2N3O21S4/c1-12-62(30(6)64)33-25-76-38(22-37(33)72-7)81-48-26(2)44(27(3)78-55(48)80-36-17-15-13-14-16-19-57(71)23-35(66)45(60-56(70)75-10)40(36)32(57)18-20-85-87-84-11)61-83-39-21-34(65)52(29(5)77-39)86-53(69)41-42(58)43(59)50(51(74-9)49(41)73-8)82-54-47(68)31(24-63)46(67)28(4)79-54/h13-14,18,26-29,31,33-34,36-39,44,46-48,52,54-55,61,63,65,67-68,71H,12,20-25H2,1-11H3,(H,60,70)/b14-13-,32-18+/t26-,27+,28-,29+,31+,33-,34-,36-,37-,38-,39-,44-,46-,47+,48+,52+,54-,55-,57-/m0/s1. The minimum absolute atomic E-state index is 0.0132. The molecule has 4 saturated heterocycles. The maximum absolute atomic E-state index is 14.5. The molecular weight excluding hydrogens is 1440 g/mol. The van der Waals surface area contributed by atoms with Gasteiger partial charge in [0.05, 0.1) is 110 Å². The van der Waals surface area contributed by atoms with Crippen LogP contribution in [0.2, 0.25) is 0 Å². The first-order valence-corrected chi connectivity index (χ1v) is 34.9. The Balaban J connectivity index is 1.14. The van der Waals surface area contributed by atoms with Crippen LogP contribution in [0.5, 0.6) is 17.2 Å². The highest BCUT2D eigenvalue weighted by molar-refractivity contribution is 14.1. The normalized spacial score (nSPS) is 35.0. The number of hydrogen-bond donors (Lipinski definition) is 7. The van der Waals surface area contributed by atoms with Gasteiger partial charge < -0.3 is 82.5 Å². The largest absolute Gasteiger partial charge is 0.492 e. The second-order valence-corrected chi connectivity index (χ2v) is 28.7. The number of hydrogen-bond acceptors (Lipinski definition) is 26. The van der Waals surface area contributed by atoms with Crippen molar-refractivity contribution in [1.29, 1.82) is 0 Å². The zero-order valence-electron chi connectivity index (χ0n) is 49.7. The molecule has 1 aromatic rings. The van der Waals surface area contributed by atoms with Crippen molar-refractivity contribution >= 4 is 111 Å². The van der Waals surface area contributed by atoms with E-state index in [4.69, 9.17) is 56.9 Å². The van der Waals surface area contributed by atoms with E-state index >= 15 is 0 Å². The quantitative estimate of drug-likeness (QED) is 0.0274. The van der Waals surface area contributed by atoms with E-state index in [1.807, 2.05) is 65.3 Å². The summed E-state index contributed by atoms with van der Waals surface area (Å²) < 4.78 is 68.5. The first-order chi connectivity index (χ1) is 41.5. The zero-order valence-corrected chi connectivity index (χ0v) is 57.3. The van der Waals surface area contributed by atoms with Crippen molar-refractivity contribution in [1.82, 2.24) is 15.7 Å². The molecule has 2 bridgehead atoms. The fourth-order valence-electron chi connectivity index (χ4n) is 11.2. The summed E-state index contributed by atoms with van der Waals surface area (Å²) in [6.45, 7) is 10.2. The fraction of sp³-hybridized carbons (Fsp3) is 0.649. The number of halogens is 2. The third kappa shape index (κ3) is 16.6. The fourth-order valence-corrected chi connectivity index (χ4v) is 16.2. The van der Waals surface area contributed by atoms with Gasteiger partial charge in [-0.2, -0.15) is 5.48 Å². The van der Waals surface area contributed by atoms with Gasteiger partial charge >= 0.3 is 6.09 Å². The Morgan fingerprint density at radius 1 is 0.908 bits per heavy atom. The highest BCUT2D eigenvalue weighted by Gasteiger charge is 2.52. The van der Waals surface area contributed by atoms with E-state index in [0.717, 1.165) is 18.9 Å². The number of nitrogens with one attached hydrogen (secondary N) is 2. The number of aliphatic hydroxyl groups excluding tert-OH is 4. The molecule has 30 heteroatoms. The highest BCUT2D eigenvalue weighted by Crippen LogP contribution is 2.50. The van der Waals surface area contributed by atoms with Crippen LogP contribution in [0.15, 0.2) is 35.1 Å². The lowest BCUT2D eigenvalue weighted by atomic mass is 9.75. The number of carbonyl (C=O) groups excluding carboxylic acids is 4. The number of rotatable bonds is 22. The van der Waals surface area contributed by atoms with Crippen molar-refractivity contribution in [2.75, 3.05) is 60.2 Å². The maximum Gasteiger partial charge on any atom is 0.411 e. The lowest BCUT2D eigenvalue weighted by Gasteiger charge is -2.48. The number of benzene rings is 1. The van der Waals surface area contributed by atoms with Crippen molar-refractivity contribution in [3.63, 3.8) is 0 Å². The topological polar surface area (TPSA) is 307 Å². The van der Waals surface area contributed by atoms with E-state index in [1.54, 1.807) is 38.9 Å². The van der Waals surface area contributed by atoms with Gasteiger partial charge in [0.15, 0.2) is 41.8 Å². The molecule has 7 N–H and O–H groups in total. The first kappa shape index (κ1) is 71.8. The summed E-state index contributed by atoms with van der Waals surface area (Å²) in [7, 11) is 9.91. The molecule has 6 aliphatic rings. The number of alkyl carbamates (subject to hydrolysis) is 1. The Hall–Kier alpha value is -2.66. The summed E-state index contributed by atoms with van der Waals surface area (Å²) in [6, 6.07) is -1.13. The van der Waals surface area contributed by atoms with Crippen molar-refractivity contribution in [3.05, 3.63) is 47.8 Å². The van der Waals surface area contributed by atoms with Crippen LogP contribution >= 0.6 is 88.4 Å². The molecular formula is C57H75I2N3O21S4. The number of aliphatic hydroxyl groups is 5. The van der Waals surface area contributed by atoms with Crippen LogP contribution in [-0.4, -0.2) is 217 Å². The van der Waals surface area contributed by atoms with Crippen LogP contribution in [0, 0.1) is 42.7 Å². The molecule has 0 aromatic heterocycles. The summed E-state index contributed by atoms with van der Waals surface area (Å²) in [5.41, 5.74) is 1.20. The summed E-state index contributed by atoms with van der Waals surface area (Å²) in [5, 5.41) is 56.9. The van der Waals surface area contributed by atoms with Gasteiger partial charge in [-0.1, -0.05) is 70.0 Å². The maximum atomic E-state index is 14.5. The van der Waals surface area contributed by atoms with Gasteiger partial charge in [0, 0.05) is 65.7 Å². The van der Waals surface area contributed by atoms with Crippen molar-refractivity contribution < 1.29 is 102 Å². The second kappa shape index (κ2) is 32.8. The number of fused-ring (bicyclic) bond motifs is 2. The number of ketones is 1. The molecule has 4 fully saturated rings. The minimum Gasteiger partial charge on any atom is -0.492 e. The van der Waals surface area contributed by atoms with Crippen molar-refractivity contribution in [3.8, 4) is 40.9 Å². The number of Topliss-reactive ketones (excluding diaryl/α,β-unsaturated/α-hetero) is 1. The van der Waals surface area contributed by atoms with Gasteiger partial charge in [-0.15, -0.1) is 0 Å². The van der Waals surface area contributed by atoms with Crippen LogP contribution in [0.3, 0.4) is 0 Å². The van der Waals surface area contributed by atoms with E-state index in [9.17, 15) is 44.7 Å². The number of amides is 2. The van der Waals surface area contributed by atoms with Gasteiger partial charge in [-0.3, -0.25) is 24.5 Å². The molecule has 4 aliphatic heterocycles. The number of likely N-dealkylation sites (N-methyl/N-ethyl adjacent to an activating group) is 1. The van der Waals surface area contributed by atoms with Crippen LogP contribution in [-0.2, 0) is 52.3 Å². The average molecular weight is 1520 g/mol. The van der Waals surface area contributed by atoms with E-state index in [1.165, 1.54) is 64.7 Å². The smallest absolute Gasteiger partial charge is 0.411 e. The number of nitrogens with zero attached hydrogens (tertiary/aromatic N) is 1. The van der Waals surface area contributed by atoms with Crippen LogP contribution in [0.1, 0.15) is 71.2 Å². The van der Waals surface area contributed by atoms with Gasteiger partial charge in [0.2, 0.25) is 23.1 Å². The van der Waals surface area contributed by atoms with Crippen molar-refractivity contribution in [2.24, 2.45) is 11.8 Å². The van der Waals surface area contributed by atoms with E-state index < -0.39 is 145 Å². The predicted octanol–water partition coefficient (Wildman–Crippen LogP) is 4.62. The van der Waals surface area contributed by atoms with Crippen LogP contribution in [0.25, 0.3) is 0 Å². The predicted molar refractivity (Wildman–Crippen MR) is 340 cm³/mol. The summed E-state index contributed by atoms with van der Waals surface area (Å²) in [6.07, 6.45) is -8.46. The Labute approximate surface area is 549 Å². The molecule has 2 aliphatic carbocycles. The summed E-state index contributed by atoms with van der Waals surface area (Å²) >= 11 is 4.80. The monoisotopic (exact) mass is 1520 g/mol. The number of ether oxygens (including phenoxy) is 11. The molecule has 87 heavy (non-hydrogen) atoms. The second-order valence-electron chi connectivity index (χ2n) is 21.0. The van der Waals surface area contributed by atoms with Gasteiger partial charge in [0.1, 0.15) is 18.3 Å². The molecule has 24 nitrogen and oxygen atoms in total. The molecule has 0 radical (unpaired) electrons. The first-order valence-electron chi connectivity index (χ1n) is 27.8. The van der Waals surface area contributed by atoms with Gasteiger partial charge in [0.25, 0.3) is 0 Å². The molecule has 1 aromatic carbocycles. The third-order valence-electron chi connectivity index (χ3n) is 15.6. The van der Waals surface area contributed by atoms with Gasteiger partial charge in [-0.05, 0) is 101 Å². The molecule has 2 amide bonds. The Kier molecular flexibility index (Phi) is 27.0. The lowest BCUT2D eigenvalue weighted by Crippen LogP contribution is -2.62. The molecule has 0 spiro atoms. The minimum atomic E-state index is -2.04. The van der Waals surface area contributed by atoms with Gasteiger partial charge in [-0.25, -0.2) is 4.79 Å². The molecule has 482 valence electrons. The Morgan fingerprint density at radius 2 is 1.62 bits per heavy atom. The number of carbonyl (C=O) groups is 4. The van der Waals surface area contributed by atoms with Crippen LogP contribution < -0.4 is 25.0 Å². The number of thioether (sulfide) groups is 1. The van der Waals surface area contributed by atoms with E-state index in [0.29, 0.717) is 19.4 Å². The Morgan fingerprint density at radius 3 is 2.26 bits per heavy atom. The molecule has 0 saturated carbocycles. The zero-order chi connectivity index (χ0) is 63.6. The lowest BCUT2D eigenvalue weighted by molar-refractivity contribution is -0.328. The molecule has 19 atom stereocenters. The van der Waals surface area contributed by atoms with Crippen LogP contribution in [0.4, 0.5) is 4.79 Å². The number of methoxy groups -OCH3 is 4. The molecule has 7 rings (SSSR count). The highest BCUT2D eigenvalue weighted by atomic mass is 127.